The maximum atomic E-state index is 12.0. The number of carbonyl (C=O) groups is 3. The molecule has 2 amide bonds. The first-order valence-corrected chi connectivity index (χ1v) is 7.27. The average Bonchev–Trinajstić information content (AvgIpc) is 3.16. The summed E-state index contributed by atoms with van der Waals surface area (Å²) >= 11 is 0. The Morgan fingerprint density at radius 2 is 2.05 bits per heavy atom. The summed E-state index contributed by atoms with van der Waals surface area (Å²) in [7, 11) is 0. The molecule has 0 aromatic heterocycles. The second-order valence-corrected chi connectivity index (χ2v) is 5.88. The Labute approximate surface area is 118 Å². The molecule has 1 saturated heterocycles. The fourth-order valence-electron chi connectivity index (χ4n) is 2.67. The predicted octanol–water partition coefficient (Wildman–Crippen LogP) is 0.472. The van der Waals surface area contributed by atoms with E-state index in [1.165, 1.54) is 0 Å². The number of aliphatic carboxylic acids is 1. The predicted molar refractivity (Wildman–Crippen MR) is 71.8 cm³/mol. The van der Waals surface area contributed by atoms with E-state index in [0.717, 1.165) is 12.8 Å². The Balaban J connectivity index is 1.69. The molecule has 0 aromatic carbocycles. The number of carboxylic acid groups (broad SMARTS) is 1. The van der Waals surface area contributed by atoms with Crippen molar-refractivity contribution in [2.24, 2.45) is 17.8 Å². The summed E-state index contributed by atoms with van der Waals surface area (Å²) in [6.07, 6.45) is 2.55. The lowest BCUT2D eigenvalue weighted by Crippen LogP contribution is -2.43. The zero-order valence-electron chi connectivity index (χ0n) is 11.8. The lowest BCUT2D eigenvalue weighted by Gasteiger charge is -2.30. The first kappa shape index (κ1) is 14.8. The Bertz CT molecular complexity index is 410. The number of nitrogens with zero attached hydrogens (tertiary/aromatic N) is 1. The van der Waals surface area contributed by atoms with E-state index in [1.807, 2.05) is 6.92 Å². The van der Waals surface area contributed by atoms with Crippen LogP contribution in [-0.2, 0) is 14.4 Å². The zero-order chi connectivity index (χ0) is 14.7. The Morgan fingerprint density at radius 1 is 1.35 bits per heavy atom. The van der Waals surface area contributed by atoms with Crippen molar-refractivity contribution in [2.75, 3.05) is 19.6 Å². The normalized spacial score (nSPS) is 28.9. The fourth-order valence-corrected chi connectivity index (χ4v) is 2.67. The molecule has 0 bridgehead atoms. The number of piperidine rings is 1. The van der Waals surface area contributed by atoms with Crippen molar-refractivity contribution in [1.29, 1.82) is 0 Å². The molecule has 2 aliphatic rings. The van der Waals surface area contributed by atoms with Crippen molar-refractivity contribution < 1.29 is 19.5 Å². The number of carbonyl (C=O) groups excluding carboxylic acids is 2. The van der Waals surface area contributed by atoms with Gasteiger partial charge in [-0.2, -0.15) is 0 Å². The van der Waals surface area contributed by atoms with Crippen LogP contribution in [0.25, 0.3) is 0 Å². The molecule has 0 aromatic rings. The van der Waals surface area contributed by atoms with Gasteiger partial charge in [0.25, 0.3) is 0 Å². The second kappa shape index (κ2) is 6.24. The van der Waals surface area contributed by atoms with Gasteiger partial charge in [-0.1, -0.05) is 6.92 Å². The van der Waals surface area contributed by atoms with Gasteiger partial charge in [0.05, 0.1) is 5.92 Å². The highest BCUT2D eigenvalue weighted by atomic mass is 16.4. The van der Waals surface area contributed by atoms with E-state index in [1.54, 1.807) is 4.90 Å². The minimum atomic E-state index is -0.835. The van der Waals surface area contributed by atoms with Crippen LogP contribution in [0.5, 0.6) is 0 Å². The maximum absolute atomic E-state index is 12.0. The van der Waals surface area contributed by atoms with Crippen molar-refractivity contribution >= 4 is 17.8 Å². The Morgan fingerprint density at radius 3 is 2.65 bits per heavy atom. The van der Waals surface area contributed by atoms with Gasteiger partial charge in [-0.15, -0.1) is 0 Å². The summed E-state index contributed by atoms with van der Waals surface area (Å²) in [5, 5.41) is 11.8. The molecule has 20 heavy (non-hydrogen) atoms. The number of hydrogen-bond acceptors (Lipinski definition) is 3. The minimum absolute atomic E-state index is 0.0346. The maximum Gasteiger partial charge on any atom is 0.308 e. The number of nitrogens with one attached hydrogen (secondary N) is 1. The second-order valence-electron chi connectivity index (χ2n) is 5.88. The molecule has 0 radical (unpaired) electrons. The minimum Gasteiger partial charge on any atom is -0.481 e. The van der Waals surface area contributed by atoms with E-state index in [2.05, 4.69) is 5.32 Å². The largest absolute Gasteiger partial charge is 0.481 e. The Kier molecular flexibility index (Phi) is 4.62. The van der Waals surface area contributed by atoms with Crippen LogP contribution in [0.15, 0.2) is 0 Å². The molecule has 112 valence electrons. The van der Waals surface area contributed by atoms with Crippen LogP contribution in [-0.4, -0.2) is 47.4 Å². The molecule has 2 N–H and O–H groups in total. The van der Waals surface area contributed by atoms with Gasteiger partial charge in [0.15, 0.2) is 0 Å². The van der Waals surface area contributed by atoms with E-state index in [0.29, 0.717) is 32.0 Å². The van der Waals surface area contributed by atoms with Crippen molar-refractivity contribution in [2.45, 2.75) is 32.6 Å². The fraction of sp³-hybridized carbons (Fsp3) is 0.786. The summed E-state index contributed by atoms with van der Waals surface area (Å²) < 4.78 is 0. The molecule has 1 aliphatic heterocycles. The third kappa shape index (κ3) is 3.71. The molecule has 0 spiro atoms. The number of likely N-dealkylation sites (tertiary alicyclic amines) is 1. The average molecular weight is 282 g/mol. The first-order chi connectivity index (χ1) is 9.49. The number of carboxylic acids is 1. The number of amides is 2. The van der Waals surface area contributed by atoms with Crippen LogP contribution in [0.3, 0.4) is 0 Å². The summed E-state index contributed by atoms with van der Waals surface area (Å²) in [6.45, 7) is 3.29. The van der Waals surface area contributed by atoms with E-state index < -0.39 is 11.9 Å². The van der Waals surface area contributed by atoms with Crippen molar-refractivity contribution in [3.8, 4) is 0 Å². The van der Waals surface area contributed by atoms with Gasteiger partial charge in [0.1, 0.15) is 0 Å². The van der Waals surface area contributed by atoms with Gasteiger partial charge in [0, 0.05) is 32.0 Å². The SMILES string of the molecule is CC1CC1C(=O)NCCC(=O)N1CCC[C@@H](C(=O)O)C1. The molecule has 6 heteroatoms. The van der Waals surface area contributed by atoms with E-state index in [-0.39, 0.29) is 24.2 Å². The molecule has 3 atom stereocenters. The first-order valence-electron chi connectivity index (χ1n) is 7.27. The van der Waals surface area contributed by atoms with Gasteiger partial charge in [-0.3, -0.25) is 14.4 Å². The molecule has 1 heterocycles. The van der Waals surface area contributed by atoms with Crippen molar-refractivity contribution in [3.63, 3.8) is 0 Å². The molecule has 2 fully saturated rings. The Hall–Kier alpha value is -1.59. The molecule has 1 aliphatic carbocycles. The molecule has 2 unspecified atom stereocenters. The highest BCUT2D eigenvalue weighted by molar-refractivity contribution is 5.82. The molecule has 2 rings (SSSR count). The molecule has 1 saturated carbocycles. The third-order valence-electron chi connectivity index (χ3n) is 4.21. The zero-order valence-corrected chi connectivity index (χ0v) is 11.8. The van der Waals surface area contributed by atoms with Gasteiger partial charge >= 0.3 is 5.97 Å². The highest BCUT2D eigenvalue weighted by Crippen LogP contribution is 2.37. The molecule has 6 nitrogen and oxygen atoms in total. The summed E-state index contributed by atoms with van der Waals surface area (Å²) in [4.78, 5) is 36.1. The molecular formula is C14H22N2O4. The van der Waals surface area contributed by atoms with Crippen LogP contribution in [0, 0.1) is 17.8 Å². The van der Waals surface area contributed by atoms with Crippen molar-refractivity contribution in [1.82, 2.24) is 10.2 Å². The van der Waals surface area contributed by atoms with Gasteiger partial charge in [-0.05, 0) is 25.2 Å². The van der Waals surface area contributed by atoms with Crippen molar-refractivity contribution in [3.05, 3.63) is 0 Å². The third-order valence-corrected chi connectivity index (χ3v) is 4.21. The number of rotatable bonds is 5. The smallest absolute Gasteiger partial charge is 0.308 e. The lowest BCUT2D eigenvalue weighted by atomic mass is 9.98. The van der Waals surface area contributed by atoms with Crippen LogP contribution < -0.4 is 5.32 Å². The van der Waals surface area contributed by atoms with Crippen LogP contribution in [0.1, 0.15) is 32.6 Å². The topological polar surface area (TPSA) is 86.7 Å². The summed E-state index contributed by atoms with van der Waals surface area (Å²) in [5.74, 6) is -0.735. The monoisotopic (exact) mass is 282 g/mol. The van der Waals surface area contributed by atoms with Gasteiger partial charge in [0.2, 0.25) is 11.8 Å². The molecular weight excluding hydrogens is 260 g/mol. The van der Waals surface area contributed by atoms with Gasteiger partial charge in [-0.25, -0.2) is 0 Å². The number of hydrogen-bond donors (Lipinski definition) is 2. The summed E-state index contributed by atoms with van der Waals surface area (Å²) in [5.41, 5.74) is 0. The lowest BCUT2D eigenvalue weighted by molar-refractivity contribution is -0.145. The van der Waals surface area contributed by atoms with E-state index >= 15 is 0 Å². The summed E-state index contributed by atoms with van der Waals surface area (Å²) in [6, 6.07) is 0. The van der Waals surface area contributed by atoms with Crippen LogP contribution in [0.2, 0.25) is 0 Å². The highest BCUT2D eigenvalue weighted by Gasteiger charge is 2.38. The quantitative estimate of drug-likeness (QED) is 0.767. The van der Waals surface area contributed by atoms with Gasteiger partial charge < -0.3 is 15.3 Å². The van der Waals surface area contributed by atoms with E-state index in [4.69, 9.17) is 5.11 Å². The standard InChI is InChI=1S/C14H22N2O4/c1-9-7-11(9)13(18)15-5-4-12(17)16-6-2-3-10(8-16)14(19)20/h9-11H,2-8H2,1H3,(H,15,18)(H,19,20)/t9?,10-,11?/m1/s1. The van der Waals surface area contributed by atoms with Crippen LogP contribution >= 0.6 is 0 Å². The van der Waals surface area contributed by atoms with E-state index in [9.17, 15) is 14.4 Å². The van der Waals surface area contributed by atoms with Crippen LogP contribution in [0.4, 0.5) is 0 Å².